The fraction of sp³-hybridized carbons (Fsp3) is 0.364. The second-order valence-corrected chi connectivity index (χ2v) is 3.95. The maximum Gasteiger partial charge on any atom is 0.415 e. The van der Waals surface area contributed by atoms with Gasteiger partial charge in [-0.15, -0.1) is 0 Å². The molecule has 0 saturated carbocycles. The number of benzene rings is 1. The van der Waals surface area contributed by atoms with Gasteiger partial charge in [-0.25, -0.2) is 4.79 Å². The lowest BCUT2D eigenvalue weighted by atomic mass is 10.3. The van der Waals surface area contributed by atoms with Crippen LogP contribution in [0.4, 0.5) is 4.79 Å². The van der Waals surface area contributed by atoms with E-state index in [2.05, 4.69) is 0 Å². The minimum absolute atomic E-state index is 0.269. The predicted molar refractivity (Wildman–Crippen MR) is 58.3 cm³/mol. The number of ether oxygens (including phenoxy) is 1. The Labute approximate surface area is 93.6 Å². The van der Waals surface area contributed by atoms with Gasteiger partial charge in [-0.1, -0.05) is 11.6 Å². The third kappa shape index (κ3) is 2.63. The van der Waals surface area contributed by atoms with Crippen LogP contribution in [0.3, 0.4) is 0 Å². The van der Waals surface area contributed by atoms with Crippen LogP contribution in [0.25, 0.3) is 0 Å². The van der Waals surface area contributed by atoms with Gasteiger partial charge >= 0.3 is 6.09 Å². The number of carbonyl (C=O) groups excluding carboxylic acids is 1. The molecule has 1 saturated heterocycles. The fourth-order valence-corrected chi connectivity index (χ4v) is 1.69. The number of nitrogens with zero attached hydrogens (tertiary/aromatic N) is 1. The molecule has 0 unspecified atom stereocenters. The highest BCUT2D eigenvalue weighted by molar-refractivity contribution is 6.30. The summed E-state index contributed by atoms with van der Waals surface area (Å²) in [4.78, 5) is 13.3. The van der Waals surface area contributed by atoms with Crippen LogP contribution in [-0.4, -0.2) is 24.1 Å². The van der Waals surface area contributed by atoms with Gasteiger partial charge in [-0.2, -0.15) is 0 Å². The predicted octanol–water partition coefficient (Wildman–Crippen LogP) is 2.93. The Morgan fingerprint density at radius 2 is 1.80 bits per heavy atom. The Morgan fingerprint density at radius 1 is 1.20 bits per heavy atom. The van der Waals surface area contributed by atoms with Gasteiger partial charge in [-0.05, 0) is 37.1 Å². The molecular formula is C11H12ClNO2. The third-order valence-corrected chi connectivity index (χ3v) is 2.64. The van der Waals surface area contributed by atoms with Crippen LogP contribution >= 0.6 is 11.6 Å². The number of carbonyl (C=O) groups is 1. The van der Waals surface area contributed by atoms with E-state index < -0.39 is 0 Å². The first kappa shape index (κ1) is 10.3. The Balaban J connectivity index is 1.96. The van der Waals surface area contributed by atoms with Gasteiger partial charge in [0.25, 0.3) is 0 Å². The van der Waals surface area contributed by atoms with Crippen molar-refractivity contribution in [1.82, 2.24) is 4.90 Å². The highest BCUT2D eigenvalue weighted by atomic mass is 35.5. The van der Waals surface area contributed by atoms with Crippen molar-refractivity contribution in [2.24, 2.45) is 0 Å². The Morgan fingerprint density at radius 3 is 2.40 bits per heavy atom. The smallest absolute Gasteiger partial charge is 0.410 e. The molecule has 1 aliphatic rings. The number of hydrogen-bond acceptors (Lipinski definition) is 2. The van der Waals surface area contributed by atoms with Crippen molar-refractivity contribution in [2.75, 3.05) is 13.1 Å². The first-order valence-electron chi connectivity index (χ1n) is 4.98. The lowest BCUT2D eigenvalue weighted by Gasteiger charge is -2.14. The first-order chi connectivity index (χ1) is 7.25. The number of amides is 1. The van der Waals surface area contributed by atoms with Crippen LogP contribution in [0.1, 0.15) is 12.8 Å². The summed E-state index contributed by atoms with van der Waals surface area (Å²) in [5.41, 5.74) is 0. The molecule has 3 nitrogen and oxygen atoms in total. The molecule has 2 rings (SSSR count). The maximum absolute atomic E-state index is 11.6. The molecule has 1 fully saturated rings. The number of hydrogen-bond donors (Lipinski definition) is 0. The molecule has 0 atom stereocenters. The molecule has 0 aliphatic carbocycles. The minimum atomic E-state index is -0.269. The van der Waals surface area contributed by atoms with Gasteiger partial charge in [0.2, 0.25) is 0 Å². The maximum atomic E-state index is 11.6. The molecule has 0 aromatic heterocycles. The molecule has 0 N–H and O–H groups in total. The van der Waals surface area contributed by atoms with Crippen LogP contribution in [-0.2, 0) is 0 Å². The highest BCUT2D eigenvalue weighted by Gasteiger charge is 2.19. The van der Waals surface area contributed by atoms with E-state index >= 15 is 0 Å². The fourth-order valence-electron chi connectivity index (χ4n) is 1.57. The summed E-state index contributed by atoms with van der Waals surface area (Å²) < 4.78 is 5.18. The zero-order chi connectivity index (χ0) is 10.7. The molecule has 80 valence electrons. The zero-order valence-corrected chi connectivity index (χ0v) is 9.04. The highest BCUT2D eigenvalue weighted by Crippen LogP contribution is 2.17. The molecule has 1 aliphatic heterocycles. The van der Waals surface area contributed by atoms with Crippen molar-refractivity contribution in [3.8, 4) is 5.75 Å². The van der Waals surface area contributed by atoms with E-state index in [0.717, 1.165) is 25.9 Å². The topological polar surface area (TPSA) is 29.5 Å². The van der Waals surface area contributed by atoms with Crippen LogP contribution < -0.4 is 4.74 Å². The SMILES string of the molecule is O=C(Oc1ccc(Cl)cc1)N1CCCC1. The summed E-state index contributed by atoms with van der Waals surface area (Å²) in [6.45, 7) is 1.60. The van der Waals surface area contributed by atoms with Crippen molar-refractivity contribution in [2.45, 2.75) is 12.8 Å². The third-order valence-electron chi connectivity index (χ3n) is 2.38. The van der Waals surface area contributed by atoms with E-state index in [9.17, 15) is 4.79 Å². The zero-order valence-electron chi connectivity index (χ0n) is 8.28. The average Bonchev–Trinajstić information content (AvgIpc) is 2.74. The molecule has 1 amide bonds. The molecular weight excluding hydrogens is 214 g/mol. The molecule has 0 spiro atoms. The summed E-state index contributed by atoms with van der Waals surface area (Å²) in [5, 5.41) is 0.635. The van der Waals surface area contributed by atoms with Crippen LogP contribution in [0.15, 0.2) is 24.3 Å². The lowest BCUT2D eigenvalue weighted by Crippen LogP contribution is -2.30. The molecule has 1 aromatic rings. The van der Waals surface area contributed by atoms with Gasteiger partial charge in [-0.3, -0.25) is 0 Å². The molecule has 0 bridgehead atoms. The van der Waals surface area contributed by atoms with E-state index in [4.69, 9.17) is 16.3 Å². The molecule has 15 heavy (non-hydrogen) atoms. The van der Waals surface area contributed by atoms with Crippen LogP contribution in [0, 0.1) is 0 Å². The van der Waals surface area contributed by atoms with Gasteiger partial charge in [0, 0.05) is 18.1 Å². The van der Waals surface area contributed by atoms with Gasteiger partial charge in [0.15, 0.2) is 0 Å². The van der Waals surface area contributed by atoms with E-state index in [1.807, 2.05) is 0 Å². The number of likely N-dealkylation sites (tertiary alicyclic amines) is 1. The summed E-state index contributed by atoms with van der Waals surface area (Å²) >= 11 is 5.72. The molecule has 1 aromatic carbocycles. The number of halogens is 1. The van der Waals surface area contributed by atoms with Crippen LogP contribution in [0.2, 0.25) is 5.02 Å². The number of rotatable bonds is 1. The molecule has 4 heteroatoms. The Kier molecular flexibility index (Phi) is 3.11. The second kappa shape index (κ2) is 4.53. The van der Waals surface area contributed by atoms with E-state index in [1.165, 1.54) is 0 Å². The standard InChI is InChI=1S/C11H12ClNO2/c12-9-3-5-10(6-4-9)15-11(14)13-7-1-2-8-13/h3-6H,1-2,7-8H2. The van der Waals surface area contributed by atoms with Gasteiger partial charge in [0.1, 0.15) is 5.75 Å². The van der Waals surface area contributed by atoms with Crippen molar-refractivity contribution in [3.63, 3.8) is 0 Å². The van der Waals surface area contributed by atoms with Crippen molar-refractivity contribution in [1.29, 1.82) is 0 Å². The lowest BCUT2D eigenvalue weighted by molar-refractivity contribution is 0.163. The largest absolute Gasteiger partial charge is 0.415 e. The van der Waals surface area contributed by atoms with E-state index in [1.54, 1.807) is 29.2 Å². The summed E-state index contributed by atoms with van der Waals surface area (Å²) in [5.74, 6) is 0.538. The van der Waals surface area contributed by atoms with Crippen molar-refractivity contribution in [3.05, 3.63) is 29.3 Å². The second-order valence-electron chi connectivity index (χ2n) is 3.52. The first-order valence-corrected chi connectivity index (χ1v) is 5.36. The van der Waals surface area contributed by atoms with Crippen molar-refractivity contribution < 1.29 is 9.53 Å². The summed E-state index contributed by atoms with van der Waals surface area (Å²) in [7, 11) is 0. The summed E-state index contributed by atoms with van der Waals surface area (Å²) in [6, 6.07) is 6.79. The molecule has 1 heterocycles. The molecule has 0 radical (unpaired) electrons. The van der Waals surface area contributed by atoms with Gasteiger partial charge in [0.05, 0.1) is 0 Å². The van der Waals surface area contributed by atoms with Crippen LogP contribution in [0.5, 0.6) is 5.75 Å². The van der Waals surface area contributed by atoms with Gasteiger partial charge < -0.3 is 9.64 Å². The quantitative estimate of drug-likeness (QED) is 0.736. The van der Waals surface area contributed by atoms with E-state index in [-0.39, 0.29) is 6.09 Å². The average molecular weight is 226 g/mol. The summed E-state index contributed by atoms with van der Waals surface area (Å²) in [6.07, 6.45) is 1.86. The minimum Gasteiger partial charge on any atom is -0.410 e. The Hall–Kier alpha value is -1.22. The normalized spacial score (nSPS) is 15.4. The monoisotopic (exact) mass is 225 g/mol. The Bertz CT molecular complexity index is 344. The van der Waals surface area contributed by atoms with E-state index in [0.29, 0.717) is 10.8 Å². The van der Waals surface area contributed by atoms with Crippen molar-refractivity contribution >= 4 is 17.7 Å².